The van der Waals surface area contributed by atoms with E-state index in [0.29, 0.717) is 13.0 Å². The molecular weight excluding hydrogens is 330 g/mol. The van der Waals surface area contributed by atoms with Crippen molar-refractivity contribution >= 4 is 22.8 Å². The summed E-state index contributed by atoms with van der Waals surface area (Å²) >= 11 is 0. The van der Waals surface area contributed by atoms with E-state index in [0.717, 1.165) is 48.3 Å². The third kappa shape index (κ3) is 4.43. The number of piperidine rings is 1. The quantitative estimate of drug-likeness (QED) is 0.777. The molecule has 0 spiro atoms. The zero-order chi connectivity index (χ0) is 18.5. The number of nitrogens with zero attached hydrogens (tertiary/aromatic N) is 1. The van der Waals surface area contributed by atoms with Crippen LogP contribution in [0.15, 0.2) is 30.5 Å². The molecule has 3 rings (SSSR count). The molecule has 2 N–H and O–H groups in total. The number of fused-ring (bicyclic) bond motifs is 1. The fraction of sp³-hybridized carbons (Fsp3) is 0.500. The summed E-state index contributed by atoms with van der Waals surface area (Å²) in [5.41, 5.74) is 2.00. The Balaban J connectivity index is 1.64. The smallest absolute Gasteiger partial charge is 0.328 e. The van der Waals surface area contributed by atoms with Crippen LogP contribution in [0.5, 0.6) is 0 Å². The van der Waals surface area contributed by atoms with Crippen molar-refractivity contribution in [1.29, 1.82) is 0 Å². The topological polar surface area (TPSA) is 74.4 Å². The van der Waals surface area contributed by atoms with Crippen molar-refractivity contribution in [2.75, 3.05) is 26.7 Å². The Kier molecular flexibility index (Phi) is 5.93. The van der Waals surface area contributed by atoms with Gasteiger partial charge in [-0.05, 0) is 43.5 Å². The Morgan fingerprint density at radius 2 is 2.04 bits per heavy atom. The normalized spacial score (nSPS) is 17.2. The fourth-order valence-corrected chi connectivity index (χ4v) is 3.52. The van der Waals surface area contributed by atoms with E-state index in [-0.39, 0.29) is 5.91 Å². The average molecular weight is 357 g/mol. The first kappa shape index (κ1) is 18.5. The minimum Gasteiger partial charge on any atom is -0.467 e. The highest BCUT2D eigenvalue weighted by molar-refractivity contribution is 5.87. The van der Waals surface area contributed by atoms with E-state index in [1.807, 2.05) is 30.5 Å². The van der Waals surface area contributed by atoms with Crippen LogP contribution in [0.4, 0.5) is 0 Å². The first-order valence-corrected chi connectivity index (χ1v) is 9.21. The lowest BCUT2D eigenvalue weighted by Crippen LogP contribution is -2.48. The molecule has 0 radical (unpaired) electrons. The molecule has 1 fully saturated rings. The summed E-state index contributed by atoms with van der Waals surface area (Å²) in [4.78, 5) is 30.0. The van der Waals surface area contributed by atoms with E-state index < -0.39 is 12.0 Å². The molecule has 0 unspecified atom stereocenters. The predicted octanol–water partition coefficient (Wildman–Crippen LogP) is 2.10. The van der Waals surface area contributed by atoms with Crippen molar-refractivity contribution in [2.45, 2.75) is 32.2 Å². The number of esters is 1. The summed E-state index contributed by atoms with van der Waals surface area (Å²) in [6.07, 6.45) is 4.52. The highest BCUT2D eigenvalue weighted by Gasteiger charge is 2.25. The Morgan fingerprint density at radius 3 is 2.77 bits per heavy atom. The number of amides is 1. The summed E-state index contributed by atoms with van der Waals surface area (Å²) in [7, 11) is 1.35. The van der Waals surface area contributed by atoms with Crippen molar-refractivity contribution in [1.82, 2.24) is 15.2 Å². The molecule has 1 aromatic heterocycles. The number of benzene rings is 1. The highest BCUT2D eigenvalue weighted by atomic mass is 16.5. The van der Waals surface area contributed by atoms with Crippen LogP contribution in [-0.2, 0) is 20.7 Å². The molecule has 2 aromatic rings. The van der Waals surface area contributed by atoms with Crippen LogP contribution in [-0.4, -0.2) is 54.5 Å². The van der Waals surface area contributed by atoms with Gasteiger partial charge in [0.15, 0.2) is 0 Å². The first-order chi connectivity index (χ1) is 12.6. The maximum absolute atomic E-state index is 12.4. The van der Waals surface area contributed by atoms with Gasteiger partial charge in [-0.1, -0.05) is 25.1 Å². The van der Waals surface area contributed by atoms with Crippen LogP contribution >= 0.6 is 0 Å². The molecule has 6 nitrogen and oxygen atoms in total. The molecule has 1 atom stereocenters. The predicted molar refractivity (Wildman–Crippen MR) is 101 cm³/mol. The lowest BCUT2D eigenvalue weighted by atomic mass is 9.99. The maximum atomic E-state index is 12.4. The lowest BCUT2D eigenvalue weighted by molar-refractivity contribution is -0.145. The van der Waals surface area contributed by atoms with Gasteiger partial charge in [-0.25, -0.2) is 4.79 Å². The van der Waals surface area contributed by atoms with Crippen molar-refractivity contribution in [3.8, 4) is 0 Å². The van der Waals surface area contributed by atoms with E-state index in [9.17, 15) is 9.59 Å². The summed E-state index contributed by atoms with van der Waals surface area (Å²) in [6, 6.07) is 7.23. The number of nitrogens with one attached hydrogen (secondary N) is 2. The van der Waals surface area contributed by atoms with Gasteiger partial charge in [0, 0.05) is 23.5 Å². The van der Waals surface area contributed by atoms with Crippen molar-refractivity contribution in [2.24, 2.45) is 5.92 Å². The Morgan fingerprint density at radius 1 is 1.31 bits per heavy atom. The molecule has 1 aromatic carbocycles. The third-order valence-electron chi connectivity index (χ3n) is 5.16. The van der Waals surface area contributed by atoms with Gasteiger partial charge in [0.25, 0.3) is 0 Å². The van der Waals surface area contributed by atoms with E-state index in [4.69, 9.17) is 4.74 Å². The number of para-hydroxylation sites is 1. The number of hydrogen-bond acceptors (Lipinski definition) is 4. The van der Waals surface area contributed by atoms with E-state index in [2.05, 4.69) is 22.1 Å². The number of methoxy groups -OCH3 is 1. The largest absolute Gasteiger partial charge is 0.467 e. The van der Waals surface area contributed by atoms with Crippen LogP contribution in [0.3, 0.4) is 0 Å². The van der Waals surface area contributed by atoms with Crippen LogP contribution < -0.4 is 5.32 Å². The molecule has 0 aliphatic carbocycles. The first-order valence-electron chi connectivity index (χ1n) is 9.21. The summed E-state index contributed by atoms with van der Waals surface area (Å²) in [6.45, 7) is 4.43. The van der Waals surface area contributed by atoms with Gasteiger partial charge in [-0.3, -0.25) is 9.69 Å². The van der Waals surface area contributed by atoms with Crippen LogP contribution in [0.2, 0.25) is 0 Å². The second kappa shape index (κ2) is 8.36. The minimum absolute atomic E-state index is 0.130. The monoisotopic (exact) mass is 357 g/mol. The number of ether oxygens (including phenoxy) is 1. The van der Waals surface area contributed by atoms with Crippen molar-refractivity contribution < 1.29 is 14.3 Å². The van der Waals surface area contributed by atoms with Gasteiger partial charge in [-0.2, -0.15) is 0 Å². The number of aromatic amines is 1. The molecule has 0 bridgehead atoms. The van der Waals surface area contributed by atoms with E-state index >= 15 is 0 Å². The average Bonchev–Trinajstić information content (AvgIpc) is 3.05. The second-order valence-electron chi connectivity index (χ2n) is 7.17. The SMILES string of the molecule is COC(=O)[C@@H](Cc1c[nH]c2ccccc12)NC(=O)CN1CCC(C)CC1. The molecular formula is C20H27N3O3. The molecule has 1 saturated heterocycles. The van der Waals surface area contributed by atoms with Gasteiger partial charge >= 0.3 is 5.97 Å². The molecule has 2 heterocycles. The van der Waals surface area contributed by atoms with Gasteiger partial charge in [0.05, 0.1) is 13.7 Å². The number of hydrogen-bond donors (Lipinski definition) is 2. The van der Waals surface area contributed by atoms with E-state index in [1.54, 1.807) is 0 Å². The zero-order valence-electron chi connectivity index (χ0n) is 15.5. The standard InChI is InChI=1S/C20H27N3O3/c1-14-7-9-23(10-8-14)13-19(24)22-18(20(25)26-2)11-15-12-21-17-6-4-3-5-16(15)17/h3-6,12,14,18,21H,7-11,13H2,1-2H3,(H,22,24)/t18-/m1/s1. The second-order valence-corrected chi connectivity index (χ2v) is 7.17. The van der Waals surface area contributed by atoms with Gasteiger partial charge in [0.1, 0.15) is 6.04 Å². The molecule has 26 heavy (non-hydrogen) atoms. The Hall–Kier alpha value is -2.34. The third-order valence-corrected chi connectivity index (χ3v) is 5.16. The van der Waals surface area contributed by atoms with E-state index in [1.165, 1.54) is 7.11 Å². The van der Waals surface area contributed by atoms with Gasteiger partial charge in [0.2, 0.25) is 5.91 Å². The molecule has 0 saturated carbocycles. The molecule has 6 heteroatoms. The van der Waals surface area contributed by atoms with Gasteiger partial charge < -0.3 is 15.0 Å². The Labute approximate surface area is 153 Å². The molecule has 1 aliphatic rings. The number of H-pyrrole nitrogens is 1. The summed E-state index contributed by atoms with van der Waals surface area (Å²) in [5.74, 6) is 0.171. The minimum atomic E-state index is -0.685. The number of aromatic nitrogens is 1. The number of rotatable bonds is 6. The molecule has 1 amide bonds. The zero-order valence-corrected chi connectivity index (χ0v) is 15.5. The summed E-state index contributed by atoms with van der Waals surface area (Å²) < 4.78 is 4.90. The van der Waals surface area contributed by atoms with Crippen LogP contribution in [0.25, 0.3) is 10.9 Å². The van der Waals surface area contributed by atoms with Gasteiger partial charge in [-0.15, -0.1) is 0 Å². The van der Waals surface area contributed by atoms with Crippen LogP contribution in [0, 0.1) is 5.92 Å². The van der Waals surface area contributed by atoms with Crippen molar-refractivity contribution in [3.63, 3.8) is 0 Å². The highest BCUT2D eigenvalue weighted by Crippen LogP contribution is 2.19. The van der Waals surface area contributed by atoms with Crippen LogP contribution in [0.1, 0.15) is 25.3 Å². The maximum Gasteiger partial charge on any atom is 0.328 e. The number of likely N-dealkylation sites (tertiary alicyclic amines) is 1. The molecule has 140 valence electrons. The van der Waals surface area contributed by atoms with Crippen molar-refractivity contribution in [3.05, 3.63) is 36.0 Å². The lowest BCUT2D eigenvalue weighted by Gasteiger charge is -2.30. The Bertz CT molecular complexity index is 763. The molecule has 1 aliphatic heterocycles. The summed E-state index contributed by atoms with van der Waals surface area (Å²) in [5, 5.41) is 3.92. The number of carbonyl (C=O) groups excluding carboxylic acids is 2. The fourth-order valence-electron chi connectivity index (χ4n) is 3.52. The number of carbonyl (C=O) groups is 2.